The Morgan fingerprint density at radius 1 is 1.34 bits per heavy atom. The highest BCUT2D eigenvalue weighted by molar-refractivity contribution is 7.16. The number of amides is 1. The molecule has 29 heavy (non-hydrogen) atoms. The molecule has 1 amide bonds. The highest BCUT2D eigenvalue weighted by atomic mass is 35.5. The molecule has 1 unspecified atom stereocenters. The van der Waals surface area contributed by atoms with Crippen LogP contribution in [0.2, 0.25) is 5.02 Å². The number of hydrogen-bond donors (Lipinski definition) is 1. The van der Waals surface area contributed by atoms with Crippen LogP contribution in [0, 0.1) is 5.92 Å². The molecule has 1 saturated heterocycles. The standard InChI is InChI=1S/C21H23ClN4O2S/c1-14(28-17-6-4-16(22)5-7-17)11-23-20(27)15-3-2-9-26(12-15)19-18-8-10-29-21(18)25-13-24-19/h4-8,10,13-15H,2-3,9,11-12H2,1H3,(H,23,27)/t14-,15?/m0/s1. The normalized spacial score (nSPS) is 17.9. The molecular formula is C21H23ClN4O2S. The van der Waals surface area contributed by atoms with Crippen molar-refractivity contribution in [3.8, 4) is 5.75 Å². The predicted octanol–water partition coefficient (Wildman–Crippen LogP) is 4.14. The van der Waals surface area contributed by atoms with Gasteiger partial charge in [0.1, 0.15) is 28.8 Å². The van der Waals surface area contributed by atoms with Crippen molar-refractivity contribution in [3.05, 3.63) is 47.1 Å². The maximum Gasteiger partial charge on any atom is 0.225 e. The Balaban J connectivity index is 1.33. The van der Waals surface area contributed by atoms with Crippen molar-refractivity contribution in [3.63, 3.8) is 0 Å². The van der Waals surface area contributed by atoms with Gasteiger partial charge in [-0.05, 0) is 55.5 Å². The van der Waals surface area contributed by atoms with E-state index in [2.05, 4.69) is 26.3 Å². The summed E-state index contributed by atoms with van der Waals surface area (Å²) in [6, 6.07) is 9.28. The monoisotopic (exact) mass is 430 g/mol. The molecule has 3 aromatic rings. The van der Waals surface area contributed by atoms with Crippen molar-refractivity contribution >= 4 is 44.9 Å². The van der Waals surface area contributed by atoms with E-state index in [1.165, 1.54) is 0 Å². The number of hydrogen-bond acceptors (Lipinski definition) is 6. The van der Waals surface area contributed by atoms with E-state index < -0.39 is 0 Å². The first-order valence-electron chi connectivity index (χ1n) is 9.73. The summed E-state index contributed by atoms with van der Waals surface area (Å²) >= 11 is 7.50. The van der Waals surface area contributed by atoms with E-state index in [0.717, 1.165) is 41.2 Å². The quantitative estimate of drug-likeness (QED) is 0.636. The second kappa shape index (κ2) is 8.97. The SMILES string of the molecule is C[C@@H](CNC(=O)C1CCCN(c2ncnc3sccc23)C1)Oc1ccc(Cl)cc1. The van der Waals surface area contributed by atoms with Gasteiger partial charge in [-0.15, -0.1) is 11.3 Å². The summed E-state index contributed by atoms with van der Waals surface area (Å²) in [6.45, 7) is 3.97. The van der Waals surface area contributed by atoms with Crippen LogP contribution >= 0.6 is 22.9 Å². The van der Waals surface area contributed by atoms with Crippen LogP contribution in [0.5, 0.6) is 5.75 Å². The molecule has 0 bridgehead atoms. The average molecular weight is 431 g/mol. The number of halogens is 1. The lowest BCUT2D eigenvalue weighted by molar-refractivity contribution is -0.125. The average Bonchev–Trinajstić information content (AvgIpc) is 3.23. The molecule has 8 heteroatoms. The lowest BCUT2D eigenvalue weighted by atomic mass is 9.97. The Bertz CT molecular complexity index is 978. The molecule has 1 aliphatic rings. The molecule has 0 aliphatic carbocycles. The van der Waals surface area contributed by atoms with Crippen LogP contribution in [0.1, 0.15) is 19.8 Å². The summed E-state index contributed by atoms with van der Waals surface area (Å²) in [5, 5.41) is 6.80. The fraction of sp³-hybridized carbons (Fsp3) is 0.381. The van der Waals surface area contributed by atoms with Gasteiger partial charge in [-0.2, -0.15) is 0 Å². The van der Waals surface area contributed by atoms with Gasteiger partial charge in [0, 0.05) is 18.1 Å². The highest BCUT2D eigenvalue weighted by Gasteiger charge is 2.27. The minimum atomic E-state index is -0.132. The fourth-order valence-electron chi connectivity index (χ4n) is 3.59. The van der Waals surface area contributed by atoms with Gasteiger partial charge in [0.15, 0.2) is 0 Å². The zero-order chi connectivity index (χ0) is 20.2. The second-order valence-electron chi connectivity index (χ2n) is 7.25. The van der Waals surface area contributed by atoms with Gasteiger partial charge in [0.05, 0.1) is 17.8 Å². The zero-order valence-electron chi connectivity index (χ0n) is 16.2. The molecule has 152 valence electrons. The van der Waals surface area contributed by atoms with Crippen LogP contribution in [-0.4, -0.2) is 41.6 Å². The number of aromatic nitrogens is 2. The van der Waals surface area contributed by atoms with Crippen molar-refractivity contribution in [1.82, 2.24) is 15.3 Å². The lowest BCUT2D eigenvalue weighted by Gasteiger charge is -2.33. The van der Waals surface area contributed by atoms with E-state index in [1.54, 1.807) is 29.8 Å². The lowest BCUT2D eigenvalue weighted by Crippen LogP contribution is -2.45. The van der Waals surface area contributed by atoms with Crippen molar-refractivity contribution in [2.75, 3.05) is 24.5 Å². The molecule has 3 heterocycles. The van der Waals surface area contributed by atoms with Gasteiger partial charge in [-0.25, -0.2) is 9.97 Å². The molecule has 1 fully saturated rings. The largest absolute Gasteiger partial charge is 0.489 e. The molecule has 4 rings (SSSR count). The zero-order valence-corrected chi connectivity index (χ0v) is 17.7. The van der Waals surface area contributed by atoms with Crippen LogP contribution in [0.4, 0.5) is 5.82 Å². The summed E-state index contributed by atoms with van der Waals surface area (Å²) in [4.78, 5) is 24.7. The van der Waals surface area contributed by atoms with Crippen LogP contribution in [0.25, 0.3) is 10.2 Å². The van der Waals surface area contributed by atoms with E-state index in [-0.39, 0.29) is 17.9 Å². The smallest absolute Gasteiger partial charge is 0.225 e. The number of carbonyl (C=O) groups excluding carboxylic acids is 1. The third kappa shape index (κ3) is 4.79. The van der Waals surface area contributed by atoms with Crippen molar-refractivity contribution < 1.29 is 9.53 Å². The molecule has 0 spiro atoms. The van der Waals surface area contributed by atoms with Gasteiger partial charge in [-0.3, -0.25) is 4.79 Å². The number of nitrogens with one attached hydrogen (secondary N) is 1. The van der Waals surface area contributed by atoms with Crippen molar-refractivity contribution in [2.24, 2.45) is 5.92 Å². The third-order valence-electron chi connectivity index (χ3n) is 5.05. The third-order valence-corrected chi connectivity index (χ3v) is 6.12. The maximum absolute atomic E-state index is 12.7. The maximum atomic E-state index is 12.7. The Morgan fingerprint density at radius 2 is 2.17 bits per heavy atom. The highest BCUT2D eigenvalue weighted by Crippen LogP contribution is 2.30. The molecule has 0 saturated carbocycles. The van der Waals surface area contributed by atoms with Gasteiger partial charge in [0.25, 0.3) is 0 Å². The van der Waals surface area contributed by atoms with Gasteiger partial charge >= 0.3 is 0 Å². The Morgan fingerprint density at radius 3 is 3.00 bits per heavy atom. The molecule has 0 radical (unpaired) electrons. The van der Waals surface area contributed by atoms with Gasteiger partial charge < -0.3 is 15.0 Å². The van der Waals surface area contributed by atoms with Crippen LogP contribution in [-0.2, 0) is 4.79 Å². The van der Waals surface area contributed by atoms with Crippen LogP contribution in [0.15, 0.2) is 42.0 Å². The number of anilines is 1. The second-order valence-corrected chi connectivity index (χ2v) is 8.58. The van der Waals surface area contributed by atoms with E-state index in [9.17, 15) is 4.79 Å². The Labute approximate surface area is 178 Å². The molecule has 2 aromatic heterocycles. The molecule has 1 N–H and O–H groups in total. The number of rotatable bonds is 6. The van der Waals surface area contributed by atoms with E-state index >= 15 is 0 Å². The number of nitrogens with zero attached hydrogens (tertiary/aromatic N) is 3. The molecule has 2 atom stereocenters. The summed E-state index contributed by atoms with van der Waals surface area (Å²) < 4.78 is 5.84. The topological polar surface area (TPSA) is 67.4 Å². The van der Waals surface area contributed by atoms with Crippen molar-refractivity contribution in [1.29, 1.82) is 0 Å². The summed E-state index contributed by atoms with van der Waals surface area (Å²) in [7, 11) is 0. The van der Waals surface area contributed by atoms with E-state index in [1.807, 2.05) is 24.4 Å². The molecular weight excluding hydrogens is 408 g/mol. The predicted molar refractivity (Wildman–Crippen MR) is 117 cm³/mol. The van der Waals surface area contributed by atoms with Crippen molar-refractivity contribution in [2.45, 2.75) is 25.9 Å². The number of carbonyl (C=O) groups is 1. The van der Waals surface area contributed by atoms with Gasteiger partial charge in [0.2, 0.25) is 5.91 Å². The number of ether oxygens (including phenoxy) is 1. The van der Waals surface area contributed by atoms with Gasteiger partial charge in [-0.1, -0.05) is 11.6 Å². The minimum absolute atomic E-state index is 0.0601. The molecule has 6 nitrogen and oxygen atoms in total. The minimum Gasteiger partial charge on any atom is -0.489 e. The fourth-order valence-corrected chi connectivity index (χ4v) is 4.44. The Hall–Kier alpha value is -2.38. The summed E-state index contributed by atoms with van der Waals surface area (Å²) in [5.41, 5.74) is 0. The van der Waals surface area contributed by atoms with E-state index in [4.69, 9.17) is 16.3 Å². The number of thiophene rings is 1. The molecule has 1 aromatic carbocycles. The van der Waals surface area contributed by atoms with E-state index in [0.29, 0.717) is 18.1 Å². The number of benzene rings is 1. The number of fused-ring (bicyclic) bond motifs is 1. The summed E-state index contributed by atoms with van der Waals surface area (Å²) in [6.07, 6.45) is 3.32. The summed E-state index contributed by atoms with van der Waals surface area (Å²) in [5.74, 6) is 1.67. The Kier molecular flexibility index (Phi) is 6.16. The van der Waals surface area contributed by atoms with Crippen LogP contribution in [0.3, 0.4) is 0 Å². The van der Waals surface area contributed by atoms with Crippen LogP contribution < -0.4 is 15.0 Å². The first-order valence-corrected chi connectivity index (χ1v) is 11.0. The first kappa shape index (κ1) is 19.9. The molecule has 1 aliphatic heterocycles. The first-order chi connectivity index (χ1) is 14.1. The number of piperidine rings is 1.